The first-order valence-corrected chi connectivity index (χ1v) is 5.14. The predicted molar refractivity (Wildman–Crippen MR) is 54.8 cm³/mol. The summed E-state index contributed by atoms with van der Waals surface area (Å²) in [6, 6.07) is 0. The third-order valence-corrected chi connectivity index (χ3v) is 2.62. The van der Waals surface area contributed by atoms with E-state index in [1.54, 1.807) is 7.11 Å². The van der Waals surface area contributed by atoms with Gasteiger partial charge >= 0.3 is 0 Å². The van der Waals surface area contributed by atoms with Crippen LogP contribution < -0.4 is 5.73 Å². The monoisotopic (exact) mass is 200 g/mol. The Hall–Kier alpha value is -0.610. The molecule has 0 aromatic heterocycles. The first kappa shape index (κ1) is 11.5. The predicted octanol–water partition coefficient (Wildman–Crippen LogP) is 0.0761. The molecule has 1 rings (SSSR count). The molecule has 0 aromatic rings. The van der Waals surface area contributed by atoms with E-state index in [1.165, 1.54) is 0 Å². The number of amides is 1. The van der Waals surface area contributed by atoms with Gasteiger partial charge in [-0.15, -0.1) is 0 Å². The number of hydrogen-bond acceptors (Lipinski definition) is 3. The van der Waals surface area contributed by atoms with Gasteiger partial charge in [0.25, 0.3) is 0 Å². The van der Waals surface area contributed by atoms with E-state index < -0.39 is 0 Å². The third kappa shape index (κ3) is 2.96. The van der Waals surface area contributed by atoms with Crippen molar-refractivity contribution in [2.45, 2.75) is 13.3 Å². The van der Waals surface area contributed by atoms with E-state index in [4.69, 9.17) is 10.5 Å². The van der Waals surface area contributed by atoms with Crippen LogP contribution >= 0.6 is 0 Å². The van der Waals surface area contributed by atoms with Crippen LogP contribution in [0, 0.1) is 11.8 Å². The number of carbonyl (C=O) groups excluding carboxylic acids is 1. The Morgan fingerprint density at radius 1 is 1.64 bits per heavy atom. The van der Waals surface area contributed by atoms with Gasteiger partial charge in [-0.3, -0.25) is 4.79 Å². The Balaban J connectivity index is 2.17. The minimum Gasteiger partial charge on any atom is -0.384 e. The molecule has 14 heavy (non-hydrogen) atoms. The van der Waals surface area contributed by atoms with E-state index >= 15 is 0 Å². The molecule has 1 aliphatic heterocycles. The van der Waals surface area contributed by atoms with Crippen molar-refractivity contribution in [3.63, 3.8) is 0 Å². The molecule has 1 aliphatic rings. The van der Waals surface area contributed by atoms with Crippen molar-refractivity contribution in [1.29, 1.82) is 0 Å². The molecule has 1 amide bonds. The molecular weight excluding hydrogens is 180 g/mol. The minimum atomic E-state index is 0.235. The number of rotatable bonds is 5. The molecule has 1 fully saturated rings. The zero-order chi connectivity index (χ0) is 10.6. The molecule has 0 bridgehead atoms. The summed E-state index contributed by atoms with van der Waals surface area (Å²) in [5.41, 5.74) is 5.49. The van der Waals surface area contributed by atoms with Gasteiger partial charge in [-0.05, 0) is 12.5 Å². The lowest BCUT2D eigenvalue weighted by atomic mass is 9.98. The Bertz CT molecular complexity index is 191. The summed E-state index contributed by atoms with van der Waals surface area (Å²) in [6.45, 7) is 5.06. The molecule has 4 nitrogen and oxygen atoms in total. The lowest BCUT2D eigenvalue weighted by molar-refractivity contribution is -0.138. The molecule has 0 spiro atoms. The highest BCUT2D eigenvalue weighted by Crippen LogP contribution is 2.17. The van der Waals surface area contributed by atoms with Gasteiger partial charge in [-0.2, -0.15) is 0 Å². The average molecular weight is 200 g/mol. The molecule has 0 saturated carbocycles. The van der Waals surface area contributed by atoms with Gasteiger partial charge in [0.15, 0.2) is 0 Å². The van der Waals surface area contributed by atoms with E-state index in [1.807, 2.05) is 11.8 Å². The van der Waals surface area contributed by atoms with E-state index in [9.17, 15) is 4.79 Å². The first-order valence-electron chi connectivity index (χ1n) is 5.14. The molecule has 1 heterocycles. The highest BCUT2D eigenvalue weighted by molar-refractivity contribution is 5.77. The van der Waals surface area contributed by atoms with E-state index in [0.717, 1.165) is 13.1 Å². The standard InChI is InChI=1S/C10H20N2O2/c1-8(7-14-2)3-10(13)12-5-9(4-11)6-12/h8-9H,3-7,11H2,1-2H3. The molecule has 4 heteroatoms. The number of likely N-dealkylation sites (tertiary alicyclic amines) is 1. The van der Waals surface area contributed by atoms with E-state index in [2.05, 4.69) is 0 Å². The number of ether oxygens (including phenoxy) is 1. The summed E-state index contributed by atoms with van der Waals surface area (Å²) in [4.78, 5) is 13.5. The lowest BCUT2D eigenvalue weighted by Crippen LogP contribution is -2.52. The molecule has 82 valence electrons. The molecular formula is C10H20N2O2. The molecule has 0 radical (unpaired) electrons. The van der Waals surface area contributed by atoms with Gasteiger partial charge in [0, 0.05) is 39.1 Å². The Labute approximate surface area is 85.4 Å². The fraction of sp³-hybridized carbons (Fsp3) is 0.900. The number of hydrogen-bond donors (Lipinski definition) is 1. The maximum absolute atomic E-state index is 11.6. The zero-order valence-electron chi connectivity index (χ0n) is 9.03. The largest absolute Gasteiger partial charge is 0.384 e. The summed E-state index contributed by atoms with van der Waals surface area (Å²) < 4.78 is 4.99. The van der Waals surface area contributed by atoms with Crippen molar-refractivity contribution < 1.29 is 9.53 Å². The summed E-state index contributed by atoms with van der Waals surface area (Å²) in [6.07, 6.45) is 0.588. The quantitative estimate of drug-likeness (QED) is 0.683. The summed E-state index contributed by atoms with van der Waals surface area (Å²) in [7, 11) is 1.66. The maximum Gasteiger partial charge on any atom is 0.222 e. The van der Waals surface area contributed by atoms with Crippen LogP contribution in [0.1, 0.15) is 13.3 Å². The number of nitrogens with zero attached hydrogens (tertiary/aromatic N) is 1. The van der Waals surface area contributed by atoms with Crippen molar-refractivity contribution in [2.75, 3.05) is 33.4 Å². The third-order valence-electron chi connectivity index (χ3n) is 2.62. The first-order chi connectivity index (χ1) is 6.67. The molecule has 2 N–H and O–H groups in total. The van der Waals surface area contributed by atoms with Crippen LogP contribution in [0.2, 0.25) is 0 Å². The Kier molecular flexibility index (Phi) is 4.35. The van der Waals surface area contributed by atoms with Crippen LogP contribution in [0.5, 0.6) is 0 Å². The van der Waals surface area contributed by atoms with Crippen molar-refractivity contribution in [3.05, 3.63) is 0 Å². The van der Waals surface area contributed by atoms with Gasteiger partial charge in [0.1, 0.15) is 0 Å². The van der Waals surface area contributed by atoms with Crippen LogP contribution in [0.3, 0.4) is 0 Å². The van der Waals surface area contributed by atoms with Crippen molar-refractivity contribution in [3.8, 4) is 0 Å². The van der Waals surface area contributed by atoms with Crippen LogP contribution in [0.15, 0.2) is 0 Å². The second-order valence-electron chi connectivity index (χ2n) is 4.17. The lowest BCUT2D eigenvalue weighted by Gasteiger charge is -2.39. The maximum atomic E-state index is 11.6. The summed E-state index contributed by atoms with van der Waals surface area (Å²) in [5, 5.41) is 0. The van der Waals surface area contributed by atoms with E-state index in [0.29, 0.717) is 31.4 Å². The van der Waals surface area contributed by atoms with Gasteiger partial charge in [0.05, 0.1) is 0 Å². The normalized spacial score (nSPS) is 19.2. The number of methoxy groups -OCH3 is 1. The number of nitrogens with two attached hydrogens (primary N) is 1. The highest BCUT2D eigenvalue weighted by Gasteiger charge is 2.29. The van der Waals surface area contributed by atoms with Gasteiger partial charge < -0.3 is 15.4 Å². The summed E-state index contributed by atoms with van der Waals surface area (Å²) >= 11 is 0. The van der Waals surface area contributed by atoms with Crippen LogP contribution in [0.25, 0.3) is 0 Å². The SMILES string of the molecule is COCC(C)CC(=O)N1CC(CN)C1. The second-order valence-corrected chi connectivity index (χ2v) is 4.17. The van der Waals surface area contributed by atoms with Crippen LogP contribution in [-0.2, 0) is 9.53 Å². The summed E-state index contributed by atoms with van der Waals surface area (Å²) in [5.74, 6) is 1.07. The van der Waals surface area contributed by atoms with Gasteiger partial charge in [-0.1, -0.05) is 6.92 Å². The highest BCUT2D eigenvalue weighted by atomic mass is 16.5. The zero-order valence-corrected chi connectivity index (χ0v) is 9.03. The van der Waals surface area contributed by atoms with Crippen molar-refractivity contribution in [1.82, 2.24) is 4.90 Å². The smallest absolute Gasteiger partial charge is 0.222 e. The molecule has 1 saturated heterocycles. The molecule has 1 unspecified atom stereocenters. The van der Waals surface area contributed by atoms with Gasteiger partial charge in [0.2, 0.25) is 5.91 Å². The molecule has 0 aliphatic carbocycles. The van der Waals surface area contributed by atoms with Crippen molar-refractivity contribution in [2.24, 2.45) is 17.6 Å². The molecule has 0 aromatic carbocycles. The second kappa shape index (κ2) is 5.32. The number of carbonyl (C=O) groups is 1. The average Bonchev–Trinajstić information content (AvgIpc) is 2.02. The topological polar surface area (TPSA) is 55.6 Å². The van der Waals surface area contributed by atoms with Crippen LogP contribution in [-0.4, -0.2) is 44.2 Å². The fourth-order valence-electron chi connectivity index (χ4n) is 1.69. The fourth-order valence-corrected chi connectivity index (χ4v) is 1.69. The van der Waals surface area contributed by atoms with Gasteiger partial charge in [-0.25, -0.2) is 0 Å². The Morgan fingerprint density at radius 2 is 2.29 bits per heavy atom. The van der Waals surface area contributed by atoms with E-state index in [-0.39, 0.29) is 5.91 Å². The molecule has 1 atom stereocenters. The van der Waals surface area contributed by atoms with Crippen LogP contribution in [0.4, 0.5) is 0 Å². The Morgan fingerprint density at radius 3 is 2.79 bits per heavy atom. The van der Waals surface area contributed by atoms with Crippen molar-refractivity contribution >= 4 is 5.91 Å². The minimum absolute atomic E-state index is 0.235.